The second-order valence-corrected chi connectivity index (χ2v) is 5.46. The van der Waals surface area contributed by atoms with Crippen LogP contribution in [-0.2, 0) is 4.79 Å². The number of nitrogens with one attached hydrogen (secondary N) is 1. The first-order valence-corrected chi connectivity index (χ1v) is 7.42. The Morgan fingerprint density at radius 1 is 1.31 bits per heavy atom. The molecule has 1 amide bonds. The van der Waals surface area contributed by atoms with Crippen molar-refractivity contribution in [3.8, 4) is 0 Å². The molecule has 0 aromatic heterocycles. The molecule has 0 radical (unpaired) electrons. The van der Waals surface area contributed by atoms with Gasteiger partial charge in [-0.25, -0.2) is 0 Å². The van der Waals surface area contributed by atoms with E-state index in [2.05, 4.69) is 16.5 Å². The number of carbonyl (C=O) groups is 1. The lowest BCUT2D eigenvalue weighted by Gasteiger charge is -2.43. The maximum absolute atomic E-state index is 11.8. The summed E-state index contributed by atoms with van der Waals surface area (Å²) in [6, 6.07) is 0.725. The Bertz CT molecular complexity index is 237. The molecule has 2 rings (SSSR count). The van der Waals surface area contributed by atoms with Crippen molar-refractivity contribution in [1.82, 2.24) is 15.1 Å². The van der Waals surface area contributed by atoms with Crippen molar-refractivity contribution < 1.29 is 4.79 Å². The second-order valence-electron chi connectivity index (χ2n) is 4.47. The summed E-state index contributed by atoms with van der Waals surface area (Å²) in [7, 11) is 0. The Morgan fingerprint density at radius 3 is 2.50 bits per heavy atom. The fourth-order valence-electron chi connectivity index (χ4n) is 2.22. The molecule has 0 aliphatic carbocycles. The maximum Gasteiger partial charge on any atom is 0.223 e. The summed E-state index contributed by atoms with van der Waals surface area (Å²) in [5.74, 6) is 1.28. The highest BCUT2D eigenvalue weighted by molar-refractivity contribution is 7.98. The highest BCUT2D eigenvalue weighted by atomic mass is 32.2. The number of nitrogens with zero attached hydrogens (tertiary/aromatic N) is 2. The van der Waals surface area contributed by atoms with E-state index < -0.39 is 0 Å². The van der Waals surface area contributed by atoms with Gasteiger partial charge in [0.25, 0.3) is 0 Å². The molecule has 0 unspecified atom stereocenters. The van der Waals surface area contributed by atoms with Crippen LogP contribution in [-0.4, -0.2) is 73.0 Å². The average Bonchev–Trinajstić information content (AvgIpc) is 2.24. The van der Waals surface area contributed by atoms with Crippen LogP contribution in [0.25, 0.3) is 0 Å². The molecule has 0 aromatic rings. The fraction of sp³-hybridized carbons (Fsp3) is 0.909. The van der Waals surface area contributed by atoms with Crippen molar-refractivity contribution >= 4 is 17.7 Å². The molecule has 1 N–H and O–H groups in total. The topological polar surface area (TPSA) is 35.6 Å². The highest BCUT2D eigenvalue weighted by Gasteiger charge is 2.28. The summed E-state index contributed by atoms with van der Waals surface area (Å²) in [4.78, 5) is 16.3. The van der Waals surface area contributed by atoms with Crippen LogP contribution >= 0.6 is 11.8 Å². The molecule has 16 heavy (non-hydrogen) atoms. The molecule has 92 valence electrons. The Hall–Kier alpha value is -0.260. The molecule has 5 heteroatoms. The largest absolute Gasteiger partial charge is 0.340 e. The van der Waals surface area contributed by atoms with Crippen molar-refractivity contribution in [2.45, 2.75) is 12.5 Å². The van der Waals surface area contributed by atoms with Gasteiger partial charge >= 0.3 is 0 Å². The van der Waals surface area contributed by atoms with Gasteiger partial charge in [-0.15, -0.1) is 0 Å². The SMILES string of the molecule is CSCCC(=O)N1CCN(C2CNC2)CC1. The minimum absolute atomic E-state index is 0.334. The van der Waals surface area contributed by atoms with E-state index in [1.54, 1.807) is 11.8 Å². The number of amides is 1. The van der Waals surface area contributed by atoms with E-state index in [4.69, 9.17) is 0 Å². The van der Waals surface area contributed by atoms with E-state index in [1.807, 2.05) is 4.90 Å². The van der Waals surface area contributed by atoms with Gasteiger partial charge in [-0.2, -0.15) is 11.8 Å². The van der Waals surface area contributed by atoms with Crippen LogP contribution in [0.1, 0.15) is 6.42 Å². The lowest BCUT2D eigenvalue weighted by Crippen LogP contribution is -2.62. The number of hydrogen-bond donors (Lipinski definition) is 1. The molecule has 4 nitrogen and oxygen atoms in total. The third kappa shape index (κ3) is 2.90. The summed E-state index contributed by atoms with van der Waals surface area (Å²) in [6.45, 7) is 6.20. The van der Waals surface area contributed by atoms with Crippen LogP contribution in [0.4, 0.5) is 0 Å². The second kappa shape index (κ2) is 5.89. The van der Waals surface area contributed by atoms with Crippen LogP contribution in [0.15, 0.2) is 0 Å². The lowest BCUT2D eigenvalue weighted by atomic mass is 10.1. The first kappa shape index (κ1) is 12.2. The molecular formula is C11H21N3OS. The smallest absolute Gasteiger partial charge is 0.223 e. The average molecular weight is 243 g/mol. The van der Waals surface area contributed by atoms with Gasteiger partial charge in [-0.3, -0.25) is 9.69 Å². The Morgan fingerprint density at radius 2 is 2.00 bits per heavy atom. The third-order valence-electron chi connectivity index (χ3n) is 3.46. The Kier molecular flexibility index (Phi) is 4.49. The summed E-state index contributed by atoms with van der Waals surface area (Å²) in [5, 5.41) is 3.30. The fourth-order valence-corrected chi connectivity index (χ4v) is 2.59. The molecule has 0 saturated carbocycles. The first-order valence-electron chi connectivity index (χ1n) is 6.02. The van der Waals surface area contributed by atoms with Gasteiger partial charge in [-0.05, 0) is 6.26 Å². The first-order chi connectivity index (χ1) is 7.81. The van der Waals surface area contributed by atoms with Gasteiger partial charge in [0.15, 0.2) is 0 Å². The van der Waals surface area contributed by atoms with Crippen molar-refractivity contribution in [2.24, 2.45) is 0 Å². The minimum Gasteiger partial charge on any atom is -0.340 e. The van der Waals surface area contributed by atoms with Crippen molar-refractivity contribution in [2.75, 3.05) is 51.3 Å². The monoisotopic (exact) mass is 243 g/mol. The van der Waals surface area contributed by atoms with Crippen LogP contribution in [0.5, 0.6) is 0 Å². The number of carbonyl (C=O) groups excluding carboxylic acids is 1. The van der Waals surface area contributed by atoms with Crippen molar-refractivity contribution in [3.63, 3.8) is 0 Å². The highest BCUT2D eigenvalue weighted by Crippen LogP contribution is 2.11. The molecule has 0 aromatic carbocycles. The van der Waals surface area contributed by atoms with E-state index >= 15 is 0 Å². The van der Waals surface area contributed by atoms with Gasteiger partial charge in [0, 0.05) is 57.5 Å². The summed E-state index contributed by atoms with van der Waals surface area (Å²) < 4.78 is 0. The van der Waals surface area contributed by atoms with Crippen LogP contribution in [0.2, 0.25) is 0 Å². The summed E-state index contributed by atoms with van der Waals surface area (Å²) in [6.07, 6.45) is 2.75. The standard InChI is InChI=1S/C11H21N3OS/c1-16-7-2-11(15)14-5-3-13(4-6-14)10-8-12-9-10/h10,12H,2-9H2,1H3. The van der Waals surface area contributed by atoms with Gasteiger partial charge in [-0.1, -0.05) is 0 Å². The molecule has 2 aliphatic rings. The zero-order valence-electron chi connectivity index (χ0n) is 9.95. The molecule has 2 heterocycles. The molecule has 0 spiro atoms. The normalized spacial score (nSPS) is 23.2. The lowest BCUT2D eigenvalue weighted by molar-refractivity contribution is -0.132. The van der Waals surface area contributed by atoms with Crippen LogP contribution < -0.4 is 5.32 Å². The predicted octanol–water partition coefficient (Wildman–Crippen LogP) is -0.144. The maximum atomic E-state index is 11.8. The van der Waals surface area contributed by atoms with E-state index in [9.17, 15) is 4.79 Å². The number of thioether (sulfide) groups is 1. The Balaban J connectivity index is 1.69. The zero-order chi connectivity index (χ0) is 11.4. The summed E-state index contributed by atoms with van der Waals surface area (Å²) in [5.41, 5.74) is 0. The van der Waals surface area contributed by atoms with Crippen LogP contribution in [0, 0.1) is 0 Å². The van der Waals surface area contributed by atoms with Gasteiger partial charge in [0.2, 0.25) is 5.91 Å². The number of piperazine rings is 1. The molecule has 0 atom stereocenters. The molecular weight excluding hydrogens is 222 g/mol. The molecule has 2 saturated heterocycles. The van der Waals surface area contributed by atoms with Crippen molar-refractivity contribution in [3.05, 3.63) is 0 Å². The molecule has 0 bridgehead atoms. The van der Waals surface area contributed by atoms with Gasteiger partial charge in [0.1, 0.15) is 0 Å². The van der Waals surface area contributed by atoms with E-state index in [1.165, 1.54) is 0 Å². The van der Waals surface area contributed by atoms with E-state index in [-0.39, 0.29) is 0 Å². The number of rotatable bonds is 4. The summed E-state index contributed by atoms with van der Waals surface area (Å²) >= 11 is 1.75. The predicted molar refractivity (Wildman–Crippen MR) is 67.8 cm³/mol. The minimum atomic E-state index is 0.334. The molecule has 2 aliphatic heterocycles. The third-order valence-corrected chi connectivity index (χ3v) is 4.08. The van der Waals surface area contributed by atoms with E-state index in [0.717, 1.165) is 51.1 Å². The van der Waals surface area contributed by atoms with Gasteiger partial charge < -0.3 is 10.2 Å². The zero-order valence-corrected chi connectivity index (χ0v) is 10.8. The molecule has 2 fully saturated rings. The van der Waals surface area contributed by atoms with E-state index in [0.29, 0.717) is 12.3 Å². The van der Waals surface area contributed by atoms with Crippen molar-refractivity contribution in [1.29, 1.82) is 0 Å². The quantitative estimate of drug-likeness (QED) is 0.745. The number of hydrogen-bond acceptors (Lipinski definition) is 4. The Labute approximate surface area is 102 Å². The van der Waals surface area contributed by atoms with Crippen LogP contribution in [0.3, 0.4) is 0 Å². The van der Waals surface area contributed by atoms with Gasteiger partial charge in [0.05, 0.1) is 0 Å².